The minimum Gasteiger partial charge on any atom is -0.365 e. The molecule has 1 aliphatic heterocycles. The first-order chi connectivity index (χ1) is 14.4. The predicted molar refractivity (Wildman–Crippen MR) is 119 cm³/mol. The molecule has 4 rings (SSSR count). The third-order valence-electron chi connectivity index (χ3n) is 4.88. The zero-order valence-electron chi connectivity index (χ0n) is 16.4. The molecule has 0 saturated carbocycles. The molecule has 7 nitrogen and oxygen atoms in total. The molecule has 156 valence electrons. The summed E-state index contributed by atoms with van der Waals surface area (Å²) in [4.78, 5) is 9.01. The van der Waals surface area contributed by atoms with E-state index in [-0.39, 0.29) is 4.90 Å². The molecule has 0 spiro atoms. The first kappa shape index (κ1) is 20.6. The topological polar surface area (TPSA) is 96.0 Å². The fourth-order valence-corrected chi connectivity index (χ4v) is 4.16. The number of halogens is 1. The smallest absolute Gasteiger partial charge is 0.229 e. The summed E-state index contributed by atoms with van der Waals surface area (Å²) in [6, 6.07) is 13.0. The van der Waals surface area contributed by atoms with Crippen molar-refractivity contribution in [2.45, 2.75) is 24.4 Å². The molecule has 0 bridgehead atoms. The standard InChI is InChI=1S/C21H22ClN5O2S/c1-30(28,29)18-4-2-3-14(9-18)11-24-20-19(22)13-25-21(27-20)26-17-6-5-16-12-23-8-7-15(16)10-17/h2-6,9-10,13,23H,7-8,11-12H2,1H3,(H2,24,25,26,27). The largest absolute Gasteiger partial charge is 0.365 e. The van der Waals surface area contributed by atoms with E-state index >= 15 is 0 Å². The van der Waals surface area contributed by atoms with Gasteiger partial charge in [0, 0.05) is 25.0 Å². The second-order valence-electron chi connectivity index (χ2n) is 7.20. The average Bonchev–Trinajstić information content (AvgIpc) is 2.73. The summed E-state index contributed by atoms with van der Waals surface area (Å²) in [7, 11) is -3.26. The highest BCUT2D eigenvalue weighted by Crippen LogP contribution is 2.24. The minimum atomic E-state index is -3.26. The van der Waals surface area contributed by atoms with Crippen LogP contribution in [0, 0.1) is 0 Å². The maximum absolute atomic E-state index is 11.7. The van der Waals surface area contributed by atoms with Gasteiger partial charge in [-0.05, 0) is 53.9 Å². The van der Waals surface area contributed by atoms with E-state index in [0.29, 0.717) is 23.3 Å². The lowest BCUT2D eigenvalue weighted by molar-refractivity contribution is 0.601. The lowest BCUT2D eigenvalue weighted by Crippen LogP contribution is -2.23. The number of fused-ring (bicyclic) bond motifs is 1. The highest BCUT2D eigenvalue weighted by molar-refractivity contribution is 7.90. The summed E-state index contributed by atoms with van der Waals surface area (Å²) in [6.45, 7) is 2.25. The van der Waals surface area contributed by atoms with Crippen LogP contribution in [0.3, 0.4) is 0 Å². The van der Waals surface area contributed by atoms with Gasteiger partial charge in [0.25, 0.3) is 0 Å². The van der Waals surface area contributed by atoms with Gasteiger partial charge in [-0.2, -0.15) is 4.98 Å². The Labute approximate surface area is 180 Å². The summed E-state index contributed by atoms with van der Waals surface area (Å²) < 4.78 is 23.5. The van der Waals surface area contributed by atoms with E-state index in [0.717, 1.165) is 30.8 Å². The van der Waals surface area contributed by atoms with Crippen molar-refractivity contribution in [3.05, 3.63) is 70.4 Å². The molecule has 0 saturated heterocycles. The van der Waals surface area contributed by atoms with Crippen molar-refractivity contribution in [2.24, 2.45) is 0 Å². The molecule has 2 aromatic carbocycles. The second-order valence-corrected chi connectivity index (χ2v) is 9.62. The van der Waals surface area contributed by atoms with E-state index in [1.54, 1.807) is 18.2 Å². The quantitative estimate of drug-likeness (QED) is 0.536. The van der Waals surface area contributed by atoms with Crippen molar-refractivity contribution in [1.82, 2.24) is 15.3 Å². The number of hydrogen-bond acceptors (Lipinski definition) is 7. The Balaban J connectivity index is 1.48. The van der Waals surface area contributed by atoms with Gasteiger partial charge in [0.15, 0.2) is 15.7 Å². The van der Waals surface area contributed by atoms with Crippen LogP contribution >= 0.6 is 11.6 Å². The van der Waals surface area contributed by atoms with Crippen LogP contribution in [0.1, 0.15) is 16.7 Å². The predicted octanol–water partition coefficient (Wildman–Crippen LogP) is 3.53. The number of rotatable bonds is 6. The number of hydrogen-bond donors (Lipinski definition) is 3. The van der Waals surface area contributed by atoms with Gasteiger partial charge in [0.05, 0.1) is 11.1 Å². The van der Waals surface area contributed by atoms with Crippen molar-refractivity contribution in [2.75, 3.05) is 23.4 Å². The van der Waals surface area contributed by atoms with E-state index in [1.807, 2.05) is 12.1 Å². The van der Waals surface area contributed by atoms with Crippen molar-refractivity contribution < 1.29 is 8.42 Å². The molecule has 0 aliphatic carbocycles. The Morgan fingerprint density at radius 2 is 2.03 bits per heavy atom. The summed E-state index contributed by atoms with van der Waals surface area (Å²) in [5.74, 6) is 0.904. The summed E-state index contributed by atoms with van der Waals surface area (Å²) in [5, 5.41) is 10.1. The van der Waals surface area contributed by atoms with Crippen LogP contribution in [-0.4, -0.2) is 31.2 Å². The van der Waals surface area contributed by atoms with Crippen LogP contribution in [0.2, 0.25) is 5.02 Å². The number of nitrogens with one attached hydrogen (secondary N) is 3. The zero-order valence-corrected chi connectivity index (χ0v) is 18.0. The number of aromatic nitrogens is 2. The maximum Gasteiger partial charge on any atom is 0.229 e. The van der Waals surface area contributed by atoms with Crippen LogP contribution in [0.5, 0.6) is 0 Å². The van der Waals surface area contributed by atoms with E-state index in [4.69, 9.17) is 11.6 Å². The van der Waals surface area contributed by atoms with Crippen molar-refractivity contribution >= 4 is 38.9 Å². The molecule has 0 amide bonds. The Morgan fingerprint density at radius 3 is 2.87 bits per heavy atom. The van der Waals surface area contributed by atoms with Crippen LogP contribution < -0.4 is 16.0 Å². The molecule has 0 radical (unpaired) electrons. The number of sulfone groups is 1. The van der Waals surface area contributed by atoms with E-state index in [9.17, 15) is 8.42 Å². The molecule has 2 heterocycles. The Bertz CT molecular complexity index is 1180. The van der Waals surface area contributed by atoms with Crippen molar-refractivity contribution in [1.29, 1.82) is 0 Å². The van der Waals surface area contributed by atoms with E-state index in [1.165, 1.54) is 23.6 Å². The first-order valence-electron chi connectivity index (χ1n) is 9.53. The fourth-order valence-electron chi connectivity index (χ4n) is 3.31. The van der Waals surface area contributed by atoms with Gasteiger partial charge in [-0.15, -0.1) is 0 Å². The number of benzene rings is 2. The zero-order chi connectivity index (χ0) is 21.1. The monoisotopic (exact) mass is 443 g/mol. The van der Waals surface area contributed by atoms with Crippen LogP contribution in [0.4, 0.5) is 17.5 Å². The van der Waals surface area contributed by atoms with Crippen LogP contribution in [-0.2, 0) is 29.3 Å². The summed E-state index contributed by atoms with van der Waals surface area (Å²) in [6.07, 6.45) is 3.72. The maximum atomic E-state index is 11.7. The average molecular weight is 444 g/mol. The summed E-state index contributed by atoms with van der Waals surface area (Å²) in [5.41, 5.74) is 4.36. The van der Waals surface area contributed by atoms with Crippen LogP contribution in [0.25, 0.3) is 0 Å². The molecule has 0 fully saturated rings. The lowest BCUT2D eigenvalue weighted by Gasteiger charge is -2.18. The van der Waals surface area contributed by atoms with Gasteiger partial charge >= 0.3 is 0 Å². The van der Waals surface area contributed by atoms with E-state index < -0.39 is 9.84 Å². The molecule has 1 aromatic heterocycles. The third kappa shape index (κ3) is 4.89. The third-order valence-corrected chi connectivity index (χ3v) is 6.27. The Hall–Kier alpha value is -2.68. The van der Waals surface area contributed by atoms with Gasteiger partial charge < -0.3 is 16.0 Å². The molecule has 0 unspecified atom stereocenters. The van der Waals surface area contributed by atoms with Crippen LogP contribution in [0.15, 0.2) is 53.6 Å². The van der Waals surface area contributed by atoms with Gasteiger partial charge in [0.1, 0.15) is 5.02 Å². The molecular weight excluding hydrogens is 422 g/mol. The first-order valence-corrected chi connectivity index (χ1v) is 11.8. The van der Waals surface area contributed by atoms with Crippen molar-refractivity contribution in [3.63, 3.8) is 0 Å². The van der Waals surface area contributed by atoms with Gasteiger partial charge in [-0.3, -0.25) is 0 Å². The molecule has 1 aliphatic rings. The molecule has 9 heteroatoms. The minimum absolute atomic E-state index is 0.278. The van der Waals surface area contributed by atoms with Gasteiger partial charge in [-0.25, -0.2) is 13.4 Å². The SMILES string of the molecule is CS(=O)(=O)c1cccc(CNc2nc(Nc3ccc4c(c3)CCNC4)ncc2Cl)c1. The number of anilines is 3. The molecule has 0 atom stereocenters. The highest BCUT2D eigenvalue weighted by atomic mass is 35.5. The molecule has 3 N–H and O–H groups in total. The van der Waals surface area contributed by atoms with Gasteiger partial charge in [0.2, 0.25) is 5.95 Å². The summed E-state index contributed by atoms with van der Waals surface area (Å²) >= 11 is 6.25. The van der Waals surface area contributed by atoms with Gasteiger partial charge in [-0.1, -0.05) is 29.8 Å². The lowest BCUT2D eigenvalue weighted by atomic mass is 10.0. The Morgan fingerprint density at radius 1 is 1.17 bits per heavy atom. The Kier molecular flexibility index (Phi) is 5.90. The molecule has 3 aromatic rings. The fraction of sp³-hybridized carbons (Fsp3) is 0.238. The normalized spacial score (nSPS) is 13.5. The number of nitrogens with zero attached hydrogens (tertiary/aromatic N) is 2. The van der Waals surface area contributed by atoms with E-state index in [2.05, 4.69) is 38.1 Å². The van der Waals surface area contributed by atoms with Crippen molar-refractivity contribution in [3.8, 4) is 0 Å². The second kappa shape index (κ2) is 8.59. The molecule has 30 heavy (non-hydrogen) atoms. The highest BCUT2D eigenvalue weighted by Gasteiger charge is 2.11. The molecular formula is C21H22ClN5O2S.